The Balaban J connectivity index is 1.74. The van der Waals surface area contributed by atoms with Crippen LogP contribution in [-0.2, 0) is 4.74 Å². The van der Waals surface area contributed by atoms with Gasteiger partial charge in [0.1, 0.15) is 0 Å². The first-order chi connectivity index (χ1) is 13.6. The number of carbonyl (C=O) groups excluding carboxylic acids is 1. The van der Waals surface area contributed by atoms with Gasteiger partial charge in [-0.2, -0.15) is 5.10 Å². The first-order valence-corrected chi connectivity index (χ1v) is 8.81. The number of esters is 1. The normalized spacial score (nSPS) is 10.8. The molecule has 0 fully saturated rings. The molecule has 2 aromatic heterocycles. The van der Waals surface area contributed by atoms with Gasteiger partial charge in [0.05, 0.1) is 18.4 Å². The summed E-state index contributed by atoms with van der Waals surface area (Å²) in [5.74, 6) is 0.950. The highest BCUT2D eigenvalue weighted by atomic mass is 16.5. The fourth-order valence-electron chi connectivity index (χ4n) is 3.13. The monoisotopic (exact) mass is 373 g/mol. The average Bonchev–Trinajstić information content (AvgIpc) is 3.06. The van der Waals surface area contributed by atoms with Crippen molar-refractivity contribution in [2.24, 2.45) is 0 Å². The third-order valence-electron chi connectivity index (χ3n) is 4.45. The van der Waals surface area contributed by atoms with Crippen molar-refractivity contribution in [2.45, 2.75) is 13.8 Å². The van der Waals surface area contributed by atoms with Gasteiger partial charge in [0.25, 0.3) is 0 Å². The number of benzene rings is 2. The van der Waals surface area contributed by atoms with Crippen molar-refractivity contribution in [3.8, 4) is 5.82 Å². The summed E-state index contributed by atoms with van der Waals surface area (Å²) >= 11 is 0. The van der Waals surface area contributed by atoms with Crippen LogP contribution in [0.15, 0.2) is 54.6 Å². The smallest absolute Gasteiger partial charge is 0.337 e. The van der Waals surface area contributed by atoms with Gasteiger partial charge >= 0.3 is 5.97 Å². The van der Waals surface area contributed by atoms with Crippen LogP contribution < -0.4 is 5.32 Å². The Bertz CT molecular complexity index is 1170. The molecule has 0 saturated heterocycles. The number of methoxy groups -OCH3 is 1. The second kappa shape index (κ2) is 7.11. The predicted octanol–water partition coefficient (Wildman–Crippen LogP) is 3.96. The lowest BCUT2D eigenvalue weighted by molar-refractivity contribution is 0.0601. The fraction of sp³-hybridized carbons (Fsp3) is 0.143. The zero-order valence-corrected chi connectivity index (χ0v) is 15.8. The third-order valence-corrected chi connectivity index (χ3v) is 4.45. The van der Waals surface area contributed by atoms with Crippen molar-refractivity contribution in [1.29, 1.82) is 0 Å². The molecule has 0 spiro atoms. The summed E-state index contributed by atoms with van der Waals surface area (Å²) in [6, 6.07) is 16.9. The van der Waals surface area contributed by atoms with Gasteiger partial charge in [-0.25, -0.2) is 9.48 Å². The number of anilines is 2. The summed E-state index contributed by atoms with van der Waals surface area (Å²) in [7, 11) is 1.36. The first-order valence-electron chi connectivity index (χ1n) is 8.81. The molecule has 0 unspecified atom stereocenters. The van der Waals surface area contributed by atoms with Crippen molar-refractivity contribution in [3.63, 3.8) is 0 Å². The maximum Gasteiger partial charge on any atom is 0.337 e. The molecular weight excluding hydrogens is 354 g/mol. The Labute approximate surface area is 162 Å². The number of hydrogen-bond donors (Lipinski definition) is 1. The summed E-state index contributed by atoms with van der Waals surface area (Å²) in [6.07, 6.45) is 0. The molecule has 0 radical (unpaired) electrons. The van der Waals surface area contributed by atoms with Crippen LogP contribution in [0.1, 0.15) is 21.7 Å². The molecule has 0 aliphatic heterocycles. The van der Waals surface area contributed by atoms with Crippen LogP contribution in [-0.4, -0.2) is 33.1 Å². The minimum Gasteiger partial charge on any atom is -0.465 e. The van der Waals surface area contributed by atoms with E-state index in [1.54, 1.807) is 28.9 Å². The molecule has 4 rings (SSSR count). The van der Waals surface area contributed by atoms with Crippen molar-refractivity contribution in [3.05, 3.63) is 71.5 Å². The first kappa shape index (κ1) is 17.7. The molecule has 0 bridgehead atoms. The molecule has 0 aliphatic rings. The molecule has 7 heteroatoms. The van der Waals surface area contributed by atoms with Crippen molar-refractivity contribution < 1.29 is 9.53 Å². The maximum atomic E-state index is 11.6. The Morgan fingerprint density at radius 2 is 1.71 bits per heavy atom. The molecule has 2 aromatic carbocycles. The zero-order chi connectivity index (χ0) is 19.7. The molecule has 4 aromatic rings. The second-order valence-corrected chi connectivity index (χ2v) is 6.45. The lowest BCUT2D eigenvalue weighted by Crippen LogP contribution is -2.07. The van der Waals surface area contributed by atoms with Crippen LogP contribution in [0.2, 0.25) is 0 Å². The number of aryl methyl sites for hydroxylation is 2. The molecule has 7 nitrogen and oxygen atoms in total. The van der Waals surface area contributed by atoms with Gasteiger partial charge in [-0.1, -0.05) is 24.3 Å². The topological polar surface area (TPSA) is 81.9 Å². The zero-order valence-electron chi connectivity index (χ0n) is 15.8. The van der Waals surface area contributed by atoms with Crippen molar-refractivity contribution in [2.75, 3.05) is 12.4 Å². The van der Waals surface area contributed by atoms with E-state index in [2.05, 4.69) is 20.6 Å². The average molecular weight is 373 g/mol. The summed E-state index contributed by atoms with van der Waals surface area (Å²) in [6.45, 7) is 3.94. The number of rotatable bonds is 4. The van der Waals surface area contributed by atoms with Gasteiger partial charge in [-0.3, -0.25) is 0 Å². The highest BCUT2D eigenvalue weighted by Crippen LogP contribution is 2.28. The number of carbonyl (C=O) groups is 1. The van der Waals surface area contributed by atoms with Crippen LogP contribution in [0, 0.1) is 13.8 Å². The SMILES string of the molecule is COC(=O)c1ccc(Nc2nnc(-n3nc(C)cc3C)c3ccccc23)cc1. The molecule has 1 N–H and O–H groups in total. The van der Waals surface area contributed by atoms with Crippen LogP contribution in [0.3, 0.4) is 0 Å². The number of nitrogens with zero attached hydrogens (tertiary/aromatic N) is 4. The highest BCUT2D eigenvalue weighted by Gasteiger charge is 2.14. The van der Waals surface area contributed by atoms with E-state index < -0.39 is 0 Å². The molecule has 0 amide bonds. The second-order valence-electron chi connectivity index (χ2n) is 6.45. The Morgan fingerprint density at radius 1 is 1.00 bits per heavy atom. The van der Waals surface area contributed by atoms with Crippen molar-refractivity contribution >= 4 is 28.2 Å². The van der Waals surface area contributed by atoms with Gasteiger partial charge < -0.3 is 10.1 Å². The molecule has 0 aliphatic carbocycles. The molecule has 28 heavy (non-hydrogen) atoms. The minimum atomic E-state index is -0.369. The van der Waals surface area contributed by atoms with E-state index in [0.29, 0.717) is 17.2 Å². The van der Waals surface area contributed by atoms with Crippen molar-refractivity contribution in [1.82, 2.24) is 20.0 Å². The number of ether oxygens (including phenoxy) is 1. The van der Waals surface area contributed by atoms with Gasteiger partial charge in [-0.15, -0.1) is 10.2 Å². The summed E-state index contributed by atoms with van der Waals surface area (Å²) in [5.41, 5.74) is 3.21. The number of nitrogens with one attached hydrogen (secondary N) is 1. The highest BCUT2D eigenvalue weighted by molar-refractivity contribution is 5.97. The summed E-state index contributed by atoms with van der Waals surface area (Å²) in [4.78, 5) is 11.6. The van der Waals surface area contributed by atoms with E-state index in [1.165, 1.54) is 7.11 Å². The number of hydrogen-bond acceptors (Lipinski definition) is 6. The molecule has 0 atom stereocenters. The maximum absolute atomic E-state index is 11.6. The minimum absolute atomic E-state index is 0.369. The van der Waals surface area contributed by atoms with Crippen LogP contribution in [0.25, 0.3) is 16.6 Å². The van der Waals surface area contributed by atoms with Gasteiger partial charge in [0.15, 0.2) is 11.6 Å². The van der Waals surface area contributed by atoms with E-state index in [0.717, 1.165) is 27.8 Å². The lowest BCUT2D eigenvalue weighted by atomic mass is 10.1. The van der Waals surface area contributed by atoms with Crippen LogP contribution >= 0.6 is 0 Å². The largest absolute Gasteiger partial charge is 0.465 e. The van der Waals surface area contributed by atoms with E-state index in [9.17, 15) is 4.79 Å². The summed E-state index contributed by atoms with van der Waals surface area (Å²) in [5, 5.41) is 18.5. The Kier molecular flexibility index (Phi) is 4.49. The van der Waals surface area contributed by atoms with E-state index in [-0.39, 0.29) is 5.97 Å². The Morgan fingerprint density at radius 3 is 2.36 bits per heavy atom. The van der Waals surface area contributed by atoms with Gasteiger partial charge in [0, 0.05) is 22.2 Å². The predicted molar refractivity (Wildman–Crippen MR) is 107 cm³/mol. The molecule has 140 valence electrons. The quantitative estimate of drug-likeness (QED) is 0.545. The van der Waals surface area contributed by atoms with E-state index in [4.69, 9.17) is 4.74 Å². The molecule has 2 heterocycles. The number of fused-ring (bicyclic) bond motifs is 1. The number of aromatic nitrogens is 4. The fourth-order valence-corrected chi connectivity index (χ4v) is 3.13. The summed E-state index contributed by atoms with van der Waals surface area (Å²) < 4.78 is 6.53. The van der Waals surface area contributed by atoms with E-state index >= 15 is 0 Å². The van der Waals surface area contributed by atoms with Crippen LogP contribution in [0.5, 0.6) is 0 Å². The Hall–Kier alpha value is -3.74. The standard InChI is InChI=1S/C21H19N5O2/c1-13-12-14(2)26(25-13)20-18-7-5-4-6-17(18)19(23-24-20)22-16-10-8-15(9-11-16)21(27)28-3/h4-12H,1-3H3,(H,22,23). The molecular formula is C21H19N5O2. The molecule has 0 saturated carbocycles. The van der Waals surface area contributed by atoms with Crippen LogP contribution in [0.4, 0.5) is 11.5 Å². The van der Waals surface area contributed by atoms with E-state index in [1.807, 2.05) is 44.2 Å². The lowest BCUT2D eigenvalue weighted by Gasteiger charge is -2.12. The van der Waals surface area contributed by atoms with Gasteiger partial charge in [0.2, 0.25) is 0 Å². The third kappa shape index (κ3) is 3.18. The van der Waals surface area contributed by atoms with Gasteiger partial charge in [-0.05, 0) is 44.2 Å².